The molecule has 0 bridgehead atoms. The van der Waals surface area contributed by atoms with Gasteiger partial charge in [-0.15, -0.1) is 0 Å². The lowest BCUT2D eigenvalue weighted by Gasteiger charge is -2.27. The summed E-state index contributed by atoms with van der Waals surface area (Å²) in [6, 6.07) is 4.21. The van der Waals surface area contributed by atoms with Gasteiger partial charge < -0.3 is 20.1 Å². The molecule has 27 heavy (non-hydrogen) atoms. The summed E-state index contributed by atoms with van der Waals surface area (Å²) in [4.78, 5) is 37.7. The van der Waals surface area contributed by atoms with Crippen LogP contribution in [0.3, 0.4) is 0 Å². The molecule has 1 saturated heterocycles. The minimum absolute atomic E-state index is 0.0514. The zero-order chi connectivity index (χ0) is 20.1. The lowest BCUT2D eigenvalue weighted by Crippen LogP contribution is -2.50. The van der Waals surface area contributed by atoms with E-state index >= 15 is 0 Å². The van der Waals surface area contributed by atoms with Gasteiger partial charge in [0.05, 0.1) is 11.5 Å². The number of ether oxygens (including phenoxy) is 1. The monoisotopic (exact) mass is 384 g/mol. The van der Waals surface area contributed by atoms with E-state index in [1.807, 2.05) is 0 Å². The molecule has 1 heterocycles. The van der Waals surface area contributed by atoms with Crippen molar-refractivity contribution in [2.45, 2.75) is 45.4 Å². The van der Waals surface area contributed by atoms with Gasteiger partial charge in [0.25, 0.3) is 5.91 Å². The molecule has 1 aromatic carbocycles. The number of carbonyl (C=O) groups excluding carboxylic acids is 2. The quantitative estimate of drug-likeness (QED) is 0.751. The number of para-hydroxylation sites is 1. The van der Waals surface area contributed by atoms with Crippen LogP contribution in [0.2, 0.25) is 0 Å². The third-order valence-corrected chi connectivity index (χ3v) is 4.66. The molecule has 1 aliphatic heterocycles. The molecule has 0 spiro atoms. The summed E-state index contributed by atoms with van der Waals surface area (Å²) >= 11 is 0. The van der Waals surface area contributed by atoms with Gasteiger partial charge in [-0.2, -0.15) is 8.78 Å². The van der Waals surface area contributed by atoms with Gasteiger partial charge >= 0.3 is 12.6 Å². The van der Waals surface area contributed by atoms with Crippen LogP contribution in [0.15, 0.2) is 24.3 Å². The van der Waals surface area contributed by atoms with E-state index in [4.69, 9.17) is 5.11 Å². The van der Waals surface area contributed by atoms with E-state index in [0.29, 0.717) is 19.4 Å². The average Bonchev–Trinajstić information content (AvgIpc) is 3.10. The molecule has 0 radical (unpaired) electrons. The fourth-order valence-corrected chi connectivity index (χ4v) is 2.94. The summed E-state index contributed by atoms with van der Waals surface area (Å²) in [5.41, 5.74) is -0.0514. The van der Waals surface area contributed by atoms with E-state index < -0.39 is 42.4 Å². The Kier molecular flexibility index (Phi) is 6.70. The Bertz CT molecular complexity index is 713. The van der Waals surface area contributed by atoms with Crippen LogP contribution in [-0.2, 0) is 9.59 Å². The molecule has 0 aromatic heterocycles. The number of aliphatic carboxylic acids is 1. The number of carboxylic acids is 1. The van der Waals surface area contributed by atoms with Crippen LogP contribution >= 0.6 is 0 Å². The Morgan fingerprint density at radius 2 is 1.93 bits per heavy atom. The first kappa shape index (κ1) is 20.6. The Morgan fingerprint density at radius 3 is 2.56 bits per heavy atom. The third kappa shape index (κ3) is 4.93. The van der Waals surface area contributed by atoms with Gasteiger partial charge in [0, 0.05) is 12.6 Å². The molecule has 9 heteroatoms. The minimum atomic E-state index is -3.07. The molecule has 1 fully saturated rings. The van der Waals surface area contributed by atoms with E-state index in [0.717, 1.165) is 0 Å². The zero-order valence-electron chi connectivity index (χ0n) is 15.0. The second-order valence-corrected chi connectivity index (χ2v) is 6.46. The number of carboxylic acid groups (broad SMARTS) is 1. The molecule has 0 saturated carbocycles. The number of rotatable bonds is 7. The first-order chi connectivity index (χ1) is 12.7. The standard InChI is InChI=1S/C18H22F2N2O5/c1-10(17(25)26)11(2)21-15(23)13-7-5-9-22(13)16(24)12-6-3-4-8-14(12)27-18(19)20/h3-4,6,8,10-11,13,18H,5,7,9H2,1-2H3,(H,21,23)(H,25,26). The van der Waals surface area contributed by atoms with Gasteiger partial charge in [0.1, 0.15) is 11.8 Å². The van der Waals surface area contributed by atoms with Crippen molar-refractivity contribution >= 4 is 17.8 Å². The van der Waals surface area contributed by atoms with Crippen LogP contribution in [0.25, 0.3) is 0 Å². The van der Waals surface area contributed by atoms with Crippen LogP contribution in [0, 0.1) is 5.92 Å². The predicted octanol–water partition coefficient (Wildman–Crippen LogP) is 2.12. The van der Waals surface area contributed by atoms with Gasteiger partial charge in [-0.05, 0) is 38.8 Å². The number of hydrogen-bond acceptors (Lipinski definition) is 4. The topological polar surface area (TPSA) is 95.9 Å². The van der Waals surface area contributed by atoms with Crippen molar-refractivity contribution in [3.05, 3.63) is 29.8 Å². The molecule has 2 rings (SSSR count). The summed E-state index contributed by atoms with van der Waals surface area (Å²) in [6.07, 6.45) is 0.980. The van der Waals surface area contributed by atoms with E-state index in [-0.39, 0.29) is 11.3 Å². The SMILES string of the molecule is CC(NC(=O)C1CCCN1C(=O)c1ccccc1OC(F)F)C(C)C(=O)O. The molecule has 2 N–H and O–H groups in total. The highest BCUT2D eigenvalue weighted by atomic mass is 19.3. The Balaban J connectivity index is 2.15. The van der Waals surface area contributed by atoms with Crippen LogP contribution < -0.4 is 10.1 Å². The minimum Gasteiger partial charge on any atom is -0.481 e. The number of amides is 2. The zero-order valence-corrected chi connectivity index (χ0v) is 15.0. The molecule has 1 aromatic rings. The van der Waals surface area contributed by atoms with Crippen molar-refractivity contribution < 1.29 is 33.0 Å². The summed E-state index contributed by atoms with van der Waals surface area (Å²) in [5.74, 6) is -3.13. The average molecular weight is 384 g/mol. The highest BCUT2D eigenvalue weighted by Gasteiger charge is 2.36. The first-order valence-electron chi connectivity index (χ1n) is 8.60. The maximum absolute atomic E-state index is 12.8. The molecule has 3 atom stereocenters. The van der Waals surface area contributed by atoms with Crippen molar-refractivity contribution in [1.82, 2.24) is 10.2 Å². The predicted molar refractivity (Wildman–Crippen MR) is 91.5 cm³/mol. The summed E-state index contributed by atoms with van der Waals surface area (Å²) < 4.78 is 29.5. The number of benzene rings is 1. The van der Waals surface area contributed by atoms with E-state index in [9.17, 15) is 23.2 Å². The lowest BCUT2D eigenvalue weighted by atomic mass is 10.0. The molecular formula is C18H22F2N2O5. The highest BCUT2D eigenvalue weighted by Crippen LogP contribution is 2.26. The van der Waals surface area contributed by atoms with Crippen LogP contribution in [0.5, 0.6) is 5.75 Å². The fraction of sp³-hybridized carbons (Fsp3) is 0.500. The lowest BCUT2D eigenvalue weighted by molar-refractivity contribution is -0.142. The molecule has 2 amide bonds. The number of halogens is 2. The number of likely N-dealkylation sites (tertiary alicyclic amines) is 1. The van der Waals surface area contributed by atoms with Crippen molar-refractivity contribution in [2.24, 2.45) is 5.92 Å². The molecule has 0 aliphatic carbocycles. The number of nitrogens with one attached hydrogen (secondary N) is 1. The molecular weight excluding hydrogens is 362 g/mol. The summed E-state index contributed by atoms with van der Waals surface area (Å²) in [5, 5.41) is 11.7. The van der Waals surface area contributed by atoms with Crippen LogP contribution in [-0.4, -0.2) is 53.0 Å². The Morgan fingerprint density at radius 1 is 1.26 bits per heavy atom. The number of hydrogen-bond donors (Lipinski definition) is 2. The summed E-state index contributed by atoms with van der Waals surface area (Å²) in [7, 11) is 0. The normalized spacial score (nSPS) is 18.9. The largest absolute Gasteiger partial charge is 0.481 e. The van der Waals surface area contributed by atoms with Gasteiger partial charge in [-0.3, -0.25) is 14.4 Å². The fourth-order valence-electron chi connectivity index (χ4n) is 2.94. The van der Waals surface area contributed by atoms with Crippen molar-refractivity contribution in [1.29, 1.82) is 0 Å². The maximum atomic E-state index is 12.8. The number of alkyl halides is 2. The van der Waals surface area contributed by atoms with Crippen LogP contribution in [0.4, 0.5) is 8.78 Å². The van der Waals surface area contributed by atoms with Gasteiger partial charge in [0.15, 0.2) is 0 Å². The van der Waals surface area contributed by atoms with E-state index in [1.165, 1.54) is 36.1 Å². The van der Waals surface area contributed by atoms with Crippen molar-refractivity contribution in [3.63, 3.8) is 0 Å². The highest BCUT2D eigenvalue weighted by molar-refractivity contribution is 6.00. The smallest absolute Gasteiger partial charge is 0.387 e. The van der Waals surface area contributed by atoms with Crippen molar-refractivity contribution in [3.8, 4) is 5.75 Å². The second kappa shape index (κ2) is 8.79. The second-order valence-electron chi connectivity index (χ2n) is 6.46. The summed E-state index contributed by atoms with van der Waals surface area (Å²) in [6.45, 7) is 0.268. The maximum Gasteiger partial charge on any atom is 0.387 e. The first-order valence-corrected chi connectivity index (χ1v) is 8.60. The Hall–Kier alpha value is -2.71. The van der Waals surface area contributed by atoms with Gasteiger partial charge in [-0.25, -0.2) is 0 Å². The Labute approximate surface area is 155 Å². The number of carbonyl (C=O) groups is 3. The molecule has 1 aliphatic rings. The van der Waals surface area contributed by atoms with Crippen molar-refractivity contribution in [2.75, 3.05) is 6.54 Å². The molecule has 7 nitrogen and oxygen atoms in total. The molecule has 148 valence electrons. The van der Waals surface area contributed by atoms with E-state index in [1.54, 1.807) is 6.92 Å². The van der Waals surface area contributed by atoms with E-state index in [2.05, 4.69) is 10.1 Å². The van der Waals surface area contributed by atoms with Crippen LogP contribution in [0.1, 0.15) is 37.0 Å². The third-order valence-electron chi connectivity index (χ3n) is 4.66. The number of nitrogens with zero attached hydrogens (tertiary/aromatic N) is 1. The van der Waals surface area contributed by atoms with Gasteiger partial charge in [0.2, 0.25) is 5.91 Å². The van der Waals surface area contributed by atoms with Gasteiger partial charge in [-0.1, -0.05) is 12.1 Å². The molecule has 3 unspecified atom stereocenters.